The normalized spacial score (nSPS) is 27.2. The first-order chi connectivity index (χ1) is 10.8. The predicted molar refractivity (Wildman–Crippen MR) is 86.0 cm³/mol. The van der Waals surface area contributed by atoms with Crippen molar-refractivity contribution >= 4 is 11.7 Å². The quantitative estimate of drug-likeness (QED) is 0.877. The van der Waals surface area contributed by atoms with E-state index >= 15 is 0 Å². The summed E-state index contributed by atoms with van der Waals surface area (Å²) in [6.07, 6.45) is 7.71. The zero-order chi connectivity index (χ0) is 15.4. The van der Waals surface area contributed by atoms with Gasteiger partial charge in [0.2, 0.25) is 0 Å². The van der Waals surface area contributed by atoms with Gasteiger partial charge in [0.1, 0.15) is 5.82 Å². The van der Waals surface area contributed by atoms with Gasteiger partial charge in [-0.15, -0.1) is 0 Å². The van der Waals surface area contributed by atoms with Crippen molar-refractivity contribution in [2.75, 3.05) is 18.5 Å². The van der Waals surface area contributed by atoms with Crippen LogP contribution in [0.5, 0.6) is 0 Å². The largest absolute Gasteiger partial charge is 0.378 e. The number of nitrogens with zero attached hydrogens (tertiary/aromatic N) is 1. The highest BCUT2D eigenvalue weighted by Crippen LogP contribution is 2.35. The van der Waals surface area contributed by atoms with Crippen molar-refractivity contribution in [2.24, 2.45) is 5.92 Å². The van der Waals surface area contributed by atoms with E-state index in [1.165, 1.54) is 19.3 Å². The first-order valence-electron chi connectivity index (χ1n) is 8.40. The van der Waals surface area contributed by atoms with Gasteiger partial charge in [-0.1, -0.05) is 6.92 Å². The second-order valence-corrected chi connectivity index (χ2v) is 6.23. The van der Waals surface area contributed by atoms with E-state index < -0.39 is 0 Å². The number of fused-ring (bicyclic) bond motifs is 1. The Hall–Kier alpha value is -1.62. The lowest BCUT2D eigenvalue weighted by Crippen LogP contribution is -2.38. The Kier molecular flexibility index (Phi) is 4.93. The molecule has 0 spiro atoms. The number of pyridine rings is 1. The molecule has 0 bridgehead atoms. The van der Waals surface area contributed by atoms with Gasteiger partial charge in [-0.3, -0.25) is 4.79 Å². The zero-order valence-corrected chi connectivity index (χ0v) is 13.2. The molecule has 22 heavy (non-hydrogen) atoms. The smallest absolute Gasteiger partial charge is 0.252 e. The Morgan fingerprint density at radius 3 is 3.05 bits per heavy atom. The minimum Gasteiger partial charge on any atom is -0.378 e. The third kappa shape index (κ3) is 3.40. The van der Waals surface area contributed by atoms with Gasteiger partial charge in [-0.05, 0) is 44.2 Å². The molecule has 3 rings (SSSR count). The van der Waals surface area contributed by atoms with Crippen LogP contribution in [-0.2, 0) is 4.74 Å². The molecule has 5 nitrogen and oxygen atoms in total. The van der Waals surface area contributed by atoms with Crippen molar-refractivity contribution in [1.29, 1.82) is 0 Å². The molecule has 1 aromatic heterocycles. The first-order valence-corrected chi connectivity index (χ1v) is 8.40. The van der Waals surface area contributed by atoms with E-state index in [9.17, 15) is 4.79 Å². The number of aromatic nitrogens is 1. The number of ether oxygens (including phenoxy) is 1. The highest BCUT2D eigenvalue weighted by molar-refractivity contribution is 5.94. The second-order valence-electron chi connectivity index (χ2n) is 6.23. The van der Waals surface area contributed by atoms with Gasteiger partial charge in [-0.25, -0.2) is 4.98 Å². The molecule has 5 heteroatoms. The molecule has 2 fully saturated rings. The Bertz CT molecular complexity index is 503. The van der Waals surface area contributed by atoms with Crippen molar-refractivity contribution in [1.82, 2.24) is 10.3 Å². The standard InChI is InChI=1S/C17H25N3O2/c1-2-9-18-17(21)12-6-7-16(19-11-12)20-14-4-3-5-15-13(14)8-10-22-15/h6-7,11,13-15H,2-5,8-10H2,1H3,(H,18,21)(H,19,20). The van der Waals surface area contributed by atoms with Gasteiger partial charge in [0.25, 0.3) is 5.91 Å². The lowest BCUT2D eigenvalue weighted by Gasteiger charge is -2.33. The number of carbonyl (C=O) groups is 1. The molecular weight excluding hydrogens is 278 g/mol. The summed E-state index contributed by atoms with van der Waals surface area (Å²) in [7, 11) is 0. The summed E-state index contributed by atoms with van der Waals surface area (Å²) >= 11 is 0. The lowest BCUT2D eigenvalue weighted by atomic mass is 9.82. The Morgan fingerprint density at radius 1 is 1.36 bits per heavy atom. The molecule has 3 atom stereocenters. The molecule has 2 N–H and O–H groups in total. The van der Waals surface area contributed by atoms with E-state index in [-0.39, 0.29) is 5.91 Å². The summed E-state index contributed by atoms with van der Waals surface area (Å²) in [4.78, 5) is 16.3. The van der Waals surface area contributed by atoms with Crippen LogP contribution in [0.4, 0.5) is 5.82 Å². The van der Waals surface area contributed by atoms with Gasteiger partial charge in [0, 0.05) is 31.3 Å². The summed E-state index contributed by atoms with van der Waals surface area (Å²) in [5.74, 6) is 1.40. The van der Waals surface area contributed by atoms with Crippen molar-refractivity contribution < 1.29 is 9.53 Å². The molecule has 3 unspecified atom stereocenters. The SMILES string of the molecule is CCCNC(=O)c1ccc(NC2CCCC3OCCC23)nc1. The molecule has 1 aliphatic carbocycles. The maximum atomic E-state index is 11.9. The fourth-order valence-electron chi connectivity index (χ4n) is 3.50. The number of nitrogens with one attached hydrogen (secondary N) is 2. The van der Waals surface area contributed by atoms with Crippen LogP contribution in [0.15, 0.2) is 18.3 Å². The van der Waals surface area contributed by atoms with Crippen LogP contribution in [0.2, 0.25) is 0 Å². The van der Waals surface area contributed by atoms with Crippen LogP contribution in [-0.4, -0.2) is 36.2 Å². The van der Waals surface area contributed by atoms with E-state index in [1.807, 2.05) is 19.1 Å². The molecule has 2 heterocycles. The molecular formula is C17H25N3O2. The molecule has 1 amide bonds. The summed E-state index contributed by atoms with van der Waals surface area (Å²) in [6.45, 7) is 3.62. The fourth-order valence-corrected chi connectivity index (χ4v) is 3.50. The van der Waals surface area contributed by atoms with E-state index in [1.54, 1.807) is 6.20 Å². The van der Waals surface area contributed by atoms with E-state index in [4.69, 9.17) is 4.74 Å². The fraction of sp³-hybridized carbons (Fsp3) is 0.647. The molecule has 1 saturated heterocycles. The number of anilines is 1. The molecule has 120 valence electrons. The van der Waals surface area contributed by atoms with Crippen LogP contribution >= 0.6 is 0 Å². The average molecular weight is 303 g/mol. The third-order valence-electron chi connectivity index (χ3n) is 4.68. The topological polar surface area (TPSA) is 63.2 Å². The summed E-state index contributed by atoms with van der Waals surface area (Å²) in [5, 5.41) is 6.40. The number of rotatable bonds is 5. The number of hydrogen-bond donors (Lipinski definition) is 2. The maximum Gasteiger partial charge on any atom is 0.252 e. The Labute approximate surface area is 131 Å². The number of hydrogen-bond acceptors (Lipinski definition) is 4. The van der Waals surface area contributed by atoms with Crippen LogP contribution < -0.4 is 10.6 Å². The lowest BCUT2D eigenvalue weighted by molar-refractivity contribution is 0.0619. The Balaban J connectivity index is 1.60. The maximum absolute atomic E-state index is 11.9. The molecule has 0 radical (unpaired) electrons. The average Bonchev–Trinajstić information content (AvgIpc) is 3.03. The first kappa shape index (κ1) is 15.3. The Morgan fingerprint density at radius 2 is 2.27 bits per heavy atom. The minimum absolute atomic E-state index is 0.0529. The van der Waals surface area contributed by atoms with Crippen molar-refractivity contribution in [2.45, 2.75) is 51.2 Å². The molecule has 1 aliphatic heterocycles. The third-order valence-corrected chi connectivity index (χ3v) is 4.68. The zero-order valence-electron chi connectivity index (χ0n) is 13.2. The molecule has 1 saturated carbocycles. The molecule has 0 aromatic carbocycles. The van der Waals surface area contributed by atoms with Gasteiger partial charge in [-0.2, -0.15) is 0 Å². The highest BCUT2D eigenvalue weighted by atomic mass is 16.5. The van der Waals surface area contributed by atoms with Gasteiger partial charge in [0.05, 0.1) is 11.7 Å². The van der Waals surface area contributed by atoms with Crippen LogP contribution in [0, 0.1) is 5.92 Å². The molecule has 1 aromatic rings. The van der Waals surface area contributed by atoms with E-state index in [0.29, 0.717) is 30.2 Å². The highest BCUT2D eigenvalue weighted by Gasteiger charge is 2.37. The summed E-state index contributed by atoms with van der Waals surface area (Å²) < 4.78 is 5.80. The van der Waals surface area contributed by atoms with Crippen molar-refractivity contribution in [3.63, 3.8) is 0 Å². The summed E-state index contributed by atoms with van der Waals surface area (Å²) in [6, 6.07) is 4.18. The van der Waals surface area contributed by atoms with Gasteiger partial charge in [0.15, 0.2) is 0 Å². The minimum atomic E-state index is -0.0529. The van der Waals surface area contributed by atoms with Crippen LogP contribution in [0.25, 0.3) is 0 Å². The summed E-state index contributed by atoms with van der Waals surface area (Å²) in [5.41, 5.74) is 0.615. The number of carbonyl (C=O) groups excluding carboxylic acids is 1. The van der Waals surface area contributed by atoms with Crippen LogP contribution in [0.1, 0.15) is 49.4 Å². The predicted octanol–water partition coefficient (Wildman–Crippen LogP) is 2.59. The van der Waals surface area contributed by atoms with E-state index in [2.05, 4.69) is 15.6 Å². The van der Waals surface area contributed by atoms with Crippen molar-refractivity contribution in [3.8, 4) is 0 Å². The van der Waals surface area contributed by atoms with E-state index in [0.717, 1.165) is 25.3 Å². The number of amides is 1. The second kappa shape index (κ2) is 7.09. The van der Waals surface area contributed by atoms with Crippen LogP contribution in [0.3, 0.4) is 0 Å². The van der Waals surface area contributed by atoms with Gasteiger partial charge >= 0.3 is 0 Å². The van der Waals surface area contributed by atoms with Crippen molar-refractivity contribution in [3.05, 3.63) is 23.9 Å². The monoisotopic (exact) mass is 303 g/mol. The van der Waals surface area contributed by atoms with Gasteiger partial charge < -0.3 is 15.4 Å². The molecule has 2 aliphatic rings.